The smallest absolute Gasteiger partial charge is 0.327 e. The van der Waals surface area contributed by atoms with Gasteiger partial charge >= 0.3 is 5.97 Å². The van der Waals surface area contributed by atoms with Gasteiger partial charge in [0.2, 0.25) is 11.7 Å². The Morgan fingerprint density at radius 3 is 2.32 bits per heavy atom. The van der Waals surface area contributed by atoms with E-state index in [-0.39, 0.29) is 44.5 Å². The van der Waals surface area contributed by atoms with Crippen LogP contribution in [0.1, 0.15) is 63.9 Å². The number of nitrogens with one attached hydrogen (secondary N) is 2. The van der Waals surface area contributed by atoms with Crippen LogP contribution >= 0.6 is 0 Å². The zero-order chi connectivity index (χ0) is 40.1. The molecule has 4 aromatic carbocycles. The van der Waals surface area contributed by atoms with Gasteiger partial charge < -0.3 is 34.7 Å². The minimum absolute atomic E-state index is 0.0905. The van der Waals surface area contributed by atoms with Crippen molar-refractivity contribution < 1.29 is 43.3 Å². The standard InChI is InChI=1S/C47H47N3O9/c51-22-21-48-43(52)33-12-8-10-31(24-33)27-49-45(54)46-26-38-39-40(58-47(57-39,34-13-3-1-4-14-34)35-15-5-2-6-16-35)42(46)59-50(41(46)44(53)56-38)28-32-11-7-9-29(23-32)17-18-30-19-20-36-37(25-30)55-36/h1-18,23-24,30,36-42,51H,19-22,25-28H2,(H,48,52)(H,49,54)/t30?,36?,37?,38-,39+,40+,41+,42-,46+/m1/s1. The quantitative estimate of drug-likeness (QED) is 0.135. The van der Waals surface area contributed by atoms with E-state index in [0.717, 1.165) is 41.5 Å². The number of hydroxylamine groups is 2. The molecule has 2 saturated carbocycles. The molecule has 4 aliphatic heterocycles. The van der Waals surface area contributed by atoms with Crippen molar-refractivity contribution in [3.63, 3.8) is 0 Å². The Morgan fingerprint density at radius 2 is 1.56 bits per heavy atom. The number of esters is 1. The Morgan fingerprint density at radius 1 is 0.814 bits per heavy atom. The highest BCUT2D eigenvalue weighted by molar-refractivity contribution is 5.95. The van der Waals surface area contributed by atoms with Crippen LogP contribution in [0.15, 0.2) is 115 Å². The van der Waals surface area contributed by atoms with Crippen molar-refractivity contribution in [2.45, 2.75) is 87.2 Å². The summed E-state index contributed by atoms with van der Waals surface area (Å²) in [5.41, 5.74) is 3.14. The summed E-state index contributed by atoms with van der Waals surface area (Å²) in [6.07, 6.45) is 5.42. The summed E-state index contributed by atoms with van der Waals surface area (Å²) in [5.74, 6) is -2.16. The molecule has 12 heteroatoms. The van der Waals surface area contributed by atoms with Gasteiger partial charge in [-0.1, -0.05) is 109 Å². The number of benzene rings is 4. The Labute approximate surface area is 342 Å². The van der Waals surface area contributed by atoms with Crippen LogP contribution in [0.4, 0.5) is 0 Å². The first-order chi connectivity index (χ1) is 28.8. The second-order valence-corrected chi connectivity index (χ2v) is 16.5. The molecule has 2 aliphatic carbocycles. The molecule has 10 rings (SSSR count). The molecule has 4 heterocycles. The number of amides is 2. The van der Waals surface area contributed by atoms with E-state index >= 15 is 4.79 Å². The second kappa shape index (κ2) is 15.4. The zero-order valence-electron chi connectivity index (χ0n) is 32.5. The summed E-state index contributed by atoms with van der Waals surface area (Å²) < 4.78 is 26.1. The first-order valence-corrected chi connectivity index (χ1v) is 20.6. The molecule has 304 valence electrons. The maximum atomic E-state index is 15.0. The molecule has 6 fully saturated rings. The molecular weight excluding hydrogens is 751 g/mol. The third kappa shape index (κ3) is 6.87. The summed E-state index contributed by atoms with van der Waals surface area (Å²) in [6.45, 7) is 0.251. The molecular formula is C47H47N3O9. The first-order valence-electron chi connectivity index (χ1n) is 20.6. The maximum Gasteiger partial charge on any atom is 0.327 e. The van der Waals surface area contributed by atoms with Gasteiger partial charge in [0.15, 0.2) is 6.04 Å². The Hall–Kier alpha value is -5.21. The molecule has 12 nitrogen and oxygen atoms in total. The number of rotatable bonds is 12. The highest BCUT2D eigenvalue weighted by Crippen LogP contribution is 2.59. The third-order valence-electron chi connectivity index (χ3n) is 12.8. The normalized spacial score (nSPS) is 31.2. The summed E-state index contributed by atoms with van der Waals surface area (Å²) in [6, 6.07) is 33.3. The lowest BCUT2D eigenvalue weighted by Gasteiger charge is -2.48. The monoisotopic (exact) mass is 797 g/mol. The SMILES string of the molecule is O=C(NCCO)c1cccc(CNC(=O)[C@@]23C[C@H]4OC(=O)[C@@H]2N(Cc2cccc(C=CC5CCC6OC6C5)c2)O[C@@H]3[C@H]2OC(c3ccccc3)(c3ccccc3)O[C@H]24)c1. The minimum Gasteiger partial charge on any atom is -0.458 e. The topological polar surface area (TPSA) is 148 Å². The van der Waals surface area contributed by atoms with Gasteiger partial charge in [-0.15, -0.1) is 0 Å². The van der Waals surface area contributed by atoms with Gasteiger partial charge in [0.05, 0.1) is 25.4 Å². The van der Waals surface area contributed by atoms with Gasteiger partial charge in [0, 0.05) is 36.2 Å². The molecule has 59 heavy (non-hydrogen) atoms. The summed E-state index contributed by atoms with van der Waals surface area (Å²) in [4.78, 5) is 49.0. The van der Waals surface area contributed by atoms with Crippen LogP contribution in [-0.4, -0.2) is 83.8 Å². The molecule has 0 aromatic heterocycles. The average molecular weight is 798 g/mol. The van der Waals surface area contributed by atoms with Gasteiger partial charge in [-0.05, 0) is 54.0 Å². The van der Waals surface area contributed by atoms with Crippen molar-refractivity contribution in [3.8, 4) is 0 Å². The van der Waals surface area contributed by atoms with Crippen molar-refractivity contribution in [1.29, 1.82) is 0 Å². The van der Waals surface area contributed by atoms with Crippen LogP contribution in [0.5, 0.6) is 0 Å². The average Bonchev–Trinajstić information content (AvgIpc) is 3.79. The summed E-state index contributed by atoms with van der Waals surface area (Å²) in [7, 11) is 0. The van der Waals surface area contributed by atoms with E-state index in [2.05, 4.69) is 34.9 Å². The van der Waals surface area contributed by atoms with Gasteiger partial charge in [-0.2, -0.15) is 5.06 Å². The molecule has 4 saturated heterocycles. The molecule has 0 spiro atoms. The fraction of sp³-hybridized carbons (Fsp3) is 0.383. The predicted molar refractivity (Wildman–Crippen MR) is 214 cm³/mol. The predicted octanol–water partition coefficient (Wildman–Crippen LogP) is 4.79. The highest BCUT2D eigenvalue weighted by Gasteiger charge is 2.76. The number of fused-ring (bicyclic) bond motifs is 5. The van der Waals surface area contributed by atoms with Crippen molar-refractivity contribution in [2.75, 3.05) is 13.2 Å². The van der Waals surface area contributed by atoms with E-state index in [0.29, 0.717) is 29.3 Å². The maximum absolute atomic E-state index is 15.0. The molecule has 9 atom stereocenters. The van der Waals surface area contributed by atoms with Gasteiger partial charge in [0.1, 0.15) is 29.8 Å². The number of nitrogens with zero attached hydrogens (tertiary/aromatic N) is 1. The van der Waals surface area contributed by atoms with Crippen molar-refractivity contribution in [3.05, 3.63) is 149 Å². The molecule has 3 unspecified atom stereocenters. The molecule has 4 aromatic rings. The van der Waals surface area contributed by atoms with Crippen LogP contribution in [-0.2, 0) is 52.3 Å². The third-order valence-corrected chi connectivity index (χ3v) is 12.8. The van der Waals surface area contributed by atoms with Crippen LogP contribution in [0.3, 0.4) is 0 Å². The van der Waals surface area contributed by atoms with Crippen molar-refractivity contribution in [1.82, 2.24) is 15.7 Å². The van der Waals surface area contributed by atoms with E-state index in [9.17, 15) is 14.7 Å². The molecule has 2 bridgehead atoms. The lowest BCUT2D eigenvalue weighted by Crippen LogP contribution is -2.69. The number of ether oxygens (including phenoxy) is 4. The van der Waals surface area contributed by atoms with Gasteiger partial charge in [0.25, 0.3) is 5.91 Å². The van der Waals surface area contributed by atoms with Crippen molar-refractivity contribution >= 4 is 23.9 Å². The number of aliphatic hydroxyl groups excluding tert-OH is 1. The fourth-order valence-corrected chi connectivity index (χ4v) is 9.96. The lowest BCUT2D eigenvalue weighted by atomic mass is 9.62. The van der Waals surface area contributed by atoms with E-state index in [1.165, 1.54) is 0 Å². The minimum atomic E-state index is -1.41. The first kappa shape index (κ1) is 38.0. The fourth-order valence-electron chi connectivity index (χ4n) is 9.96. The Kier molecular flexibility index (Phi) is 9.94. The zero-order valence-corrected chi connectivity index (χ0v) is 32.5. The number of allylic oxidation sites excluding steroid dienone is 1. The second-order valence-electron chi connectivity index (χ2n) is 16.5. The number of epoxide rings is 1. The molecule has 0 radical (unpaired) electrons. The number of hydrogen-bond acceptors (Lipinski definition) is 10. The largest absolute Gasteiger partial charge is 0.458 e. The van der Waals surface area contributed by atoms with E-state index in [1.807, 2.05) is 78.9 Å². The van der Waals surface area contributed by atoms with Crippen LogP contribution in [0.2, 0.25) is 0 Å². The number of aliphatic hydroxyl groups is 1. The van der Waals surface area contributed by atoms with Gasteiger partial charge in [-0.3, -0.25) is 19.2 Å². The van der Waals surface area contributed by atoms with E-state index in [1.54, 1.807) is 23.3 Å². The van der Waals surface area contributed by atoms with Gasteiger partial charge in [-0.25, -0.2) is 0 Å². The molecule has 2 amide bonds. The Balaban J connectivity index is 0.980. The van der Waals surface area contributed by atoms with Crippen LogP contribution in [0, 0.1) is 11.3 Å². The van der Waals surface area contributed by atoms with E-state index < -0.39 is 47.6 Å². The number of carbonyl (C=O) groups is 3. The Bertz CT molecular complexity index is 2210. The summed E-state index contributed by atoms with van der Waals surface area (Å²) in [5, 5.41) is 16.6. The number of hydrogen-bond donors (Lipinski definition) is 3. The molecule has 3 N–H and O–H groups in total. The van der Waals surface area contributed by atoms with Crippen LogP contribution < -0.4 is 10.6 Å². The van der Waals surface area contributed by atoms with E-state index in [4.69, 9.17) is 23.8 Å². The number of carbonyl (C=O) groups excluding carboxylic acids is 3. The van der Waals surface area contributed by atoms with Crippen LogP contribution in [0.25, 0.3) is 6.08 Å². The van der Waals surface area contributed by atoms with Crippen molar-refractivity contribution in [2.24, 2.45) is 11.3 Å². The summed E-state index contributed by atoms with van der Waals surface area (Å²) >= 11 is 0. The molecule has 6 aliphatic rings. The highest BCUT2D eigenvalue weighted by atomic mass is 16.8. The lowest BCUT2D eigenvalue weighted by molar-refractivity contribution is -0.213.